The Morgan fingerprint density at radius 3 is 2.53 bits per heavy atom. The van der Waals surface area contributed by atoms with Crippen molar-refractivity contribution in [3.8, 4) is 11.5 Å². The fourth-order valence-electron chi connectivity index (χ4n) is 1.69. The molecule has 0 atom stereocenters. The number of aromatic hydroxyl groups is 1. The van der Waals surface area contributed by atoms with Gasteiger partial charge in [0.15, 0.2) is 0 Å². The number of primary amides is 1. The molecule has 0 radical (unpaired) electrons. The highest BCUT2D eigenvalue weighted by atomic mass is 16.5. The van der Waals surface area contributed by atoms with E-state index in [0.717, 1.165) is 5.56 Å². The highest BCUT2D eigenvalue weighted by Crippen LogP contribution is 2.26. The van der Waals surface area contributed by atoms with Crippen molar-refractivity contribution in [3.05, 3.63) is 59.2 Å². The standard InChI is InChI=1S/C15H15NO3/c1-10-13(17)3-2-4-14(10)19-9-11-5-7-12(8-6-11)15(16)18/h2-8,17H,9H2,1H3,(H2,16,18). The third-order valence-corrected chi connectivity index (χ3v) is 2.89. The molecule has 2 aromatic carbocycles. The molecule has 0 aliphatic rings. The summed E-state index contributed by atoms with van der Waals surface area (Å²) in [5.74, 6) is 0.400. The number of nitrogens with two attached hydrogens (primary N) is 1. The van der Waals surface area contributed by atoms with E-state index < -0.39 is 5.91 Å². The van der Waals surface area contributed by atoms with Crippen molar-refractivity contribution in [1.82, 2.24) is 0 Å². The van der Waals surface area contributed by atoms with Crippen LogP contribution in [0.25, 0.3) is 0 Å². The van der Waals surface area contributed by atoms with Crippen LogP contribution in [0.2, 0.25) is 0 Å². The molecule has 98 valence electrons. The number of ether oxygens (including phenoxy) is 1. The van der Waals surface area contributed by atoms with Crippen LogP contribution in [0.1, 0.15) is 21.5 Å². The first kappa shape index (κ1) is 13.0. The summed E-state index contributed by atoms with van der Waals surface area (Å²) in [6.45, 7) is 2.16. The number of hydrogen-bond donors (Lipinski definition) is 2. The van der Waals surface area contributed by atoms with Gasteiger partial charge in [0.05, 0.1) is 0 Å². The van der Waals surface area contributed by atoms with Crippen LogP contribution in [0, 0.1) is 6.92 Å². The van der Waals surface area contributed by atoms with E-state index in [4.69, 9.17) is 10.5 Å². The van der Waals surface area contributed by atoms with Crippen molar-refractivity contribution in [3.63, 3.8) is 0 Å². The Bertz CT molecular complexity index is 591. The maximum atomic E-state index is 10.9. The Morgan fingerprint density at radius 2 is 1.89 bits per heavy atom. The molecule has 1 amide bonds. The fourth-order valence-corrected chi connectivity index (χ4v) is 1.69. The van der Waals surface area contributed by atoms with Crippen molar-refractivity contribution < 1.29 is 14.6 Å². The average molecular weight is 257 g/mol. The molecule has 2 aromatic rings. The Morgan fingerprint density at radius 1 is 1.21 bits per heavy atom. The third-order valence-electron chi connectivity index (χ3n) is 2.89. The zero-order chi connectivity index (χ0) is 13.8. The van der Waals surface area contributed by atoms with E-state index in [-0.39, 0.29) is 5.75 Å². The highest BCUT2D eigenvalue weighted by molar-refractivity contribution is 5.92. The molecule has 0 unspecified atom stereocenters. The van der Waals surface area contributed by atoms with Crippen LogP contribution >= 0.6 is 0 Å². The summed E-state index contributed by atoms with van der Waals surface area (Å²) < 4.78 is 5.63. The second-order valence-corrected chi connectivity index (χ2v) is 4.25. The molecular formula is C15H15NO3. The van der Waals surface area contributed by atoms with E-state index in [1.54, 1.807) is 49.4 Å². The number of rotatable bonds is 4. The normalized spacial score (nSPS) is 10.2. The van der Waals surface area contributed by atoms with E-state index in [2.05, 4.69) is 0 Å². The molecule has 0 spiro atoms. The van der Waals surface area contributed by atoms with Gasteiger partial charge in [-0.2, -0.15) is 0 Å². The van der Waals surface area contributed by atoms with Gasteiger partial charge in [-0.05, 0) is 36.8 Å². The molecule has 0 heterocycles. The molecular weight excluding hydrogens is 242 g/mol. The molecule has 0 fully saturated rings. The first-order valence-corrected chi connectivity index (χ1v) is 5.88. The largest absolute Gasteiger partial charge is 0.508 e. The second-order valence-electron chi connectivity index (χ2n) is 4.25. The SMILES string of the molecule is Cc1c(O)cccc1OCc1ccc(C(N)=O)cc1. The summed E-state index contributed by atoms with van der Waals surface area (Å²) in [6.07, 6.45) is 0. The molecule has 4 heteroatoms. The lowest BCUT2D eigenvalue weighted by molar-refractivity contribution is 0.1000. The van der Waals surface area contributed by atoms with E-state index >= 15 is 0 Å². The first-order chi connectivity index (χ1) is 9.08. The van der Waals surface area contributed by atoms with Gasteiger partial charge in [-0.25, -0.2) is 0 Å². The molecule has 0 saturated heterocycles. The second kappa shape index (κ2) is 5.44. The maximum absolute atomic E-state index is 10.9. The molecule has 3 N–H and O–H groups in total. The van der Waals surface area contributed by atoms with Gasteiger partial charge in [0.25, 0.3) is 0 Å². The monoisotopic (exact) mass is 257 g/mol. The van der Waals surface area contributed by atoms with Gasteiger partial charge in [-0.3, -0.25) is 4.79 Å². The van der Waals surface area contributed by atoms with Crippen molar-refractivity contribution in [2.75, 3.05) is 0 Å². The summed E-state index contributed by atoms with van der Waals surface area (Å²) in [5, 5.41) is 9.56. The van der Waals surface area contributed by atoms with E-state index in [0.29, 0.717) is 23.5 Å². The van der Waals surface area contributed by atoms with Crippen molar-refractivity contribution in [1.29, 1.82) is 0 Å². The third kappa shape index (κ3) is 3.04. The van der Waals surface area contributed by atoms with E-state index in [1.807, 2.05) is 0 Å². The minimum absolute atomic E-state index is 0.210. The minimum Gasteiger partial charge on any atom is -0.508 e. The van der Waals surface area contributed by atoms with Crippen LogP contribution in [0.5, 0.6) is 11.5 Å². The first-order valence-electron chi connectivity index (χ1n) is 5.88. The number of hydrogen-bond acceptors (Lipinski definition) is 3. The van der Waals surface area contributed by atoms with Crippen LogP contribution in [0.3, 0.4) is 0 Å². The molecule has 0 saturated carbocycles. The predicted octanol–water partition coefficient (Wildman–Crippen LogP) is 2.38. The summed E-state index contributed by atoms with van der Waals surface area (Å²) in [4.78, 5) is 10.9. The van der Waals surface area contributed by atoms with Gasteiger partial charge in [-0.15, -0.1) is 0 Å². The Kier molecular flexibility index (Phi) is 3.71. The quantitative estimate of drug-likeness (QED) is 0.883. The van der Waals surface area contributed by atoms with Crippen LogP contribution < -0.4 is 10.5 Å². The average Bonchev–Trinajstić information content (AvgIpc) is 2.41. The molecule has 19 heavy (non-hydrogen) atoms. The summed E-state index contributed by atoms with van der Waals surface area (Å²) in [7, 11) is 0. The topological polar surface area (TPSA) is 72.6 Å². The van der Waals surface area contributed by atoms with Gasteiger partial charge >= 0.3 is 0 Å². The van der Waals surface area contributed by atoms with Gasteiger partial charge in [0, 0.05) is 11.1 Å². The zero-order valence-corrected chi connectivity index (χ0v) is 10.6. The summed E-state index contributed by atoms with van der Waals surface area (Å²) in [6, 6.07) is 12.0. The van der Waals surface area contributed by atoms with Crippen LogP contribution in [0.15, 0.2) is 42.5 Å². The molecule has 0 aliphatic heterocycles. The molecule has 0 aromatic heterocycles. The molecule has 0 bridgehead atoms. The van der Waals surface area contributed by atoms with Crippen LogP contribution in [0.4, 0.5) is 0 Å². The lowest BCUT2D eigenvalue weighted by atomic mass is 10.1. The minimum atomic E-state index is -0.448. The summed E-state index contributed by atoms with van der Waals surface area (Å²) in [5.41, 5.74) is 7.27. The Hall–Kier alpha value is -2.49. The number of carbonyl (C=O) groups excluding carboxylic acids is 1. The van der Waals surface area contributed by atoms with Gasteiger partial charge in [-0.1, -0.05) is 18.2 Å². The number of phenolic OH excluding ortho intramolecular Hbond substituents is 1. The predicted molar refractivity (Wildman–Crippen MR) is 72.1 cm³/mol. The van der Waals surface area contributed by atoms with Crippen LogP contribution in [-0.2, 0) is 6.61 Å². The fraction of sp³-hybridized carbons (Fsp3) is 0.133. The van der Waals surface area contributed by atoms with E-state index in [1.165, 1.54) is 0 Å². The smallest absolute Gasteiger partial charge is 0.248 e. The Balaban J connectivity index is 2.06. The van der Waals surface area contributed by atoms with Crippen LogP contribution in [-0.4, -0.2) is 11.0 Å². The van der Waals surface area contributed by atoms with E-state index in [9.17, 15) is 9.90 Å². The van der Waals surface area contributed by atoms with Gasteiger partial charge in [0.1, 0.15) is 18.1 Å². The Labute approximate surface area is 111 Å². The zero-order valence-electron chi connectivity index (χ0n) is 10.6. The lowest BCUT2D eigenvalue weighted by Crippen LogP contribution is -2.10. The lowest BCUT2D eigenvalue weighted by Gasteiger charge is -2.10. The number of carbonyl (C=O) groups is 1. The number of benzene rings is 2. The summed E-state index contributed by atoms with van der Waals surface area (Å²) >= 11 is 0. The van der Waals surface area contributed by atoms with Gasteiger partial charge < -0.3 is 15.6 Å². The highest BCUT2D eigenvalue weighted by Gasteiger charge is 2.04. The molecule has 0 aliphatic carbocycles. The molecule has 2 rings (SSSR count). The maximum Gasteiger partial charge on any atom is 0.248 e. The molecule has 4 nitrogen and oxygen atoms in total. The van der Waals surface area contributed by atoms with Crippen molar-refractivity contribution in [2.45, 2.75) is 13.5 Å². The van der Waals surface area contributed by atoms with Crippen molar-refractivity contribution in [2.24, 2.45) is 5.73 Å². The van der Waals surface area contributed by atoms with Gasteiger partial charge in [0.2, 0.25) is 5.91 Å². The number of amides is 1. The number of phenols is 1. The van der Waals surface area contributed by atoms with Crippen molar-refractivity contribution >= 4 is 5.91 Å².